The van der Waals surface area contributed by atoms with Crippen LogP contribution in [0.25, 0.3) is 17.7 Å². The molecule has 0 saturated carbocycles. The van der Waals surface area contributed by atoms with Crippen LogP contribution in [0.5, 0.6) is 0 Å². The van der Waals surface area contributed by atoms with Crippen LogP contribution in [0, 0.1) is 0 Å². The molecule has 134 valence electrons. The van der Waals surface area contributed by atoms with Crippen LogP contribution in [-0.4, -0.2) is 10.7 Å². The third-order valence-electron chi connectivity index (χ3n) is 5.15. The second-order valence-electron chi connectivity index (χ2n) is 7.33. The molecule has 0 aliphatic heterocycles. The third kappa shape index (κ3) is 4.27. The summed E-state index contributed by atoms with van der Waals surface area (Å²) < 4.78 is 0. The molecule has 0 aromatic heterocycles. The molecular formula is C26H24O. The Kier molecular flexibility index (Phi) is 5.04. The topological polar surface area (TPSA) is 20.2 Å². The molecule has 1 nitrogen and oxygen atoms in total. The van der Waals surface area contributed by atoms with E-state index in [1.54, 1.807) is 0 Å². The lowest BCUT2D eigenvalue weighted by Crippen LogP contribution is -2.34. The molecule has 0 spiro atoms. The van der Waals surface area contributed by atoms with Crippen molar-refractivity contribution < 1.29 is 5.11 Å². The maximum atomic E-state index is 11.4. The highest BCUT2D eigenvalue weighted by Gasteiger charge is 2.33. The minimum Gasteiger partial charge on any atom is -0.389 e. The van der Waals surface area contributed by atoms with Gasteiger partial charge in [0, 0.05) is 12.8 Å². The Balaban J connectivity index is 1.62. The Morgan fingerprint density at radius 2 is 1.37 bits per heavy atom. The fourth-order valence-corrected chi connectivity index (χ4v) is 3.86. The lowest BCUT2D eigenvalue weighted by Gasteiger charge is -2.34. The van der Waals surface area contributed by atoms with E-state index in [1.807, 2.05) is 24.3 Å². The molecular weight excluding hydrogens is 328 g/mol. The molecule has 1 aliphatic carbocycles. The summed E-state index contributed by atoms with van der Waals surface area (Å²) in [6, 6.07) is 29.0. The van der Waals surface area contributed by atoms with Gasteiger partial charge >= 0.3 is 0 Å². The number of fused-ring (bicyclic) bond motifs is 1. The summed E-state index contributed by atoms with van der Waals surface area (Å²) in [5, 5.41) is 11.4. The van der Waals surface area contributed by atoms with Crippen molar-refractivity contribution in [2.45, 2.75) is 24.9 Å². The van der Waals surface area contributed by atoms with Crippen molar-refractivity contribution in [1.82, 2.24) is 0 Å². The maximum Gasteiger partial charge on any atom is 0.0762 e. The van der Waals surface area contributed by atoms with Gasteiger partial charge in [-0.15, -0.1) is 0 Å². The molecule has 0 amide bonds. The van der Waals surface area contributed by atoms with Crippen LogP contribution in [0.1, 0.15) is 35.1 Å². The number of benzene rings is 3. The highest BCUT2D eigenvalue weighted by atomic mass is 16.3. The fourth-order valence-electron chi connectivity index (χ4n) is 3.86. The molecule has 3 aromatic carbocycles. The highest BCUT2D eigenvalue weighted by molar-refractivity contribution is 5.84. The molecule has 0 saturated heterocycles. The van der Waals surface area contributed by atoms with E-state index in [0.717, 1.165) is 5.56 Å². The van der Waals surface area contributed by atoms with Gasteiger partial charge in [-0.1, -0.05) is 103 Å². The van der Waals surface area contributed by atoms with Crippen LogP contribution in [0.4, 0.5) is 0 Å². The first-order valence-electron chi connectivity index (χ1n) is 9.50. The van der Waals surface area contributed by atoms with Gasteiger partial charge in [0.15, 0.2) is 0 Å². The smallest absolute Gasteiger partial charge is 0.0762 e. The minimum atomic E-state index is -0.750. The monoisotopic (exact) mass is 352 g/mol. The Morgan fingerprint density at radius 3 is 2.11 bits per heavy atom. The number of aliphatic hydroxyl groups is 1. The Labute approximate surface area is 161 Å². The molecule has 1 unspecified atom stereocenters. The van der Waals surface area contributed by atoms with E-state index in [9.17, 15) is 5.11 Å². The van der Waals surface area contributed by atoms with Crippen LogP contribution in [0.3, 0.4) is 0 Å². The summed E-state index contributed by atoms with van der Waals surface area (Å²) >= 11 is 0. The van der Waals surface area contributed by atoms with Gasteiger partial charge in [0.25, 0.3) is 0 Å². The molecule has 27 heavy (non-hydrogen) atoms. The zero-order valence-electron chi connectivity index (χ0n) is 15.4. The largest absolute Gasteiger partial charge is 0.389 e. The molecule has 0 fully saturated rings. The second kappa shape index (κ2) is 7.77. The van der Waals surface area contributed by atoms with Gasteiger partial charge in [0.05, 0.1) is 5.60 Å². The quantitative estimate of drug-likeness (QED) is 0.610. The van der Waals surface area contributed by atoms with Crippen LogP contribution < -0.4 is 0 Å². The minimum absolute atomic E-state index is 0.641. The van der Waals surface area contributed by atoms with E-state index in [0.29, 0.717) is 19.3 Å². The van der Waals surface area contributed by atoms with Crippen molar-refractivity contribution in [2.24, 2.45) is 0 Å². The average molecular weight is 352 g/mol. The predicted molar refractivity (Wildman–Crippen MR) is 114 cm³/mol. The standard InChI is InChI=1S/C26H24O/c27-26(17-9-14-21-10-3-1-4-11-21)19-23-15-7-8-16-25(23)24(20-26)18-22-12-5-2-6-13-22/h1-16,18,27H,17,19-20H2/b14-9+,24-18+. The fraction of sp³-hybridized carbons (Fsp3) is 0.154. The van der Waals surface area contributed by atoms with Gasteiger partial charge in [0.1, 0.15) is 0 Å². The summed E-state index contributed by atoms with van der Waals surface area (Å²) in [5.41, 5.74) is 5.28. The number of hydrogen-bond acceptors (Lipinski definition) is 1. The third-order valence-corrected chi connectivity index (χ3v) is 5.15. The van der Waals surface area contributed by atoms with E-state index in [1.165, 1.54) is 22.3 Å². The van der Waals surface area contributed by atoms with Gasteiger partial charge in [-0.3, -0.25) is 0 Å². The predicted octanol–water partition coefficient (Wildman–Crippen LogP) is 6.01. The van der Waals surface area contributed by atoms with Crippen molar-refractivity contribution in [3.63, 3.8) is 0 Å². The number of hydrogen-bond donors (Lipinski definition) is 1. The van der Waals surface area contributed by atoms with E-state index < -0.39 is 5.60 Å². The van der Waals surface area contributed by atoms with Crippen molar-refractivity contribution in [3.8, 4) is 0 Å². The van der Waals surface area contributed by atoms with Gasteiger partial charge in [-0.05, 0) is 34.2 Å². The molecule has 4 rings (SSSR count). The Hall–Kier alpha value is -2.90. The molecule has 1 N–H and O–H groups in total. The Bertz CT molecular complexity index is 954. The first-order valence-corrected chi connectivity index (χ1v) is 9.50. The van der Waals surface area contributed by atoms with Crippen molar-refractivity contribution >= 4 is 17.7 Å². The Morgan fingerprint density at radius 1 is 0.741 bits per heavy atom. The van der Waals surface area contributed by atoms with E-state index >= 15 is 0 Å². The van der Waals surface area contributed by atoms with E-state index in [-0.39, 0.29) is 0 Å². The zero-order chi connectivity index (χ0) is 18.5. The van der Waals surface area contributed by atoms with Crippen LogP contribution in [0.15, 0.2) is 91.0 Å². The van der Waals surface area contributed by atoms with Gasteiger partial charge in [-0.25, -0.2) is 0 Å². The first kappa shape index (κ1) is 17.5. The molecule has 1 heteroatoms. The second-order valence-corrected chi connectivity index (χ2v) is 7.33. The molecule has 1 aliphatic rings. The summed E-state index contributed by atoms with van der Waals surface area (Å²) in [6.45, 7) is 0. The van der Waals surface area contributed by atoms with Crippen molar-refractivity contribution in [2.75, 3.05) is 0 Å². The normalized spacial score (nSPS) is 20.7. The van der Waals surface area contributed by atoms with Crippen molar-refractivity contribution in [1.29, 1.82) is 0 Å². The lowest BCUT2D eigenvalue weighted by molar-refractivity contribution is 0.0464. The highest BCUT2D eigenvalue weighted by Crippen LogP contribution is 2.39. The van der Waals surface area contributed by atoms with Gasteiger partial charge in [-0.2, -0.15) is 0 Å². The van der Waals surface area contributed by atoms with Gasteiger partial charge < -0.3 is 5.11 Å². The molecule has 1 atom stereocenters. The number of rotatable bonds is 4. The van der Waals surface area contributed by atoms with E-state index in [4.69, 9.17) is 0 Å². The average Bonchev–Trinajstić information content (AvgIpc) is 2.69. The zero-order valence-corrected chi connectivity index (χ0v) is 15.4. The lowest BCUT2D eigenvalue weighted by atomic mass is 9.75. The first-order chi connectivity index (χ1) is 13.2. The summed E-state index contributed by atoms with van der Waals surface area (Å²) in [7, 11) is 0. The van der Waals surface area contributed by atoms with Crippen molar-refractivity contribution in [3.05, 3.63) is 113 Å². The molecule has 0 heterocycles. The molecule has 0 radical (unpaired) electrons. The van der Waals surface area contributed by atoms with Gasteiger partial charge in [0.2, 0.25) is 0 Å². The van der Waals surface area contributed by atoms with Crippen LogP contribution in [-0.2, 0) is 6.42 Å². The summed E-state index contributed by atoms with van der Waals surface area (Å²) in [5.74, 6) is 0. The maximum absolute atomic E-state index is 11.4. The van der Waals surface area contributed by atoms with Crippen LogP contribution in [0.2, 0.25) is 0 Å². The summed E-state index contributed by atoms with van der Waals surface area (Å²) in [6.07, 6.45) is 8.40. The molecule has 3 aromatic rings. The van der Waals surface area contributed by atoms with Crippen LogP contribution >= 0.6 is 0 Å². The summed E-state index contributed by atoms with van der Waals surface area (Å²) in [4.78, 5) is 0. The SMILES string of the molecule is OC1(C/C=C/c2ccccc2)C/C(=C\c2ccccc2)c2ccccc2C1. The molecule has 0 bridgehead atoms. The van der Waals surface area contributed by atoms with E-state index in [2.05, 4.69) is 78.9 Å².